The minimum atomic E-state index is -0.747. The van der Waals surface area contributed by atoms with E-state index in [4.69, 9.17) is 4.74 Å². The summed E-state index contributed by atoms with van der Waals surface area (Å²) in [4.78, 5) is 37.1. The van der Waals surface area contributed by atoms with Crippen molar-refractivity contribution >= 4 is 33.9 Å². The number of ketones is 1. The monoisotopic (exact) mass is 487 g/mol. The second-order valence-corrected chi connectivity index (χ2v) is 9.49. The van der Waals surface area contributed by atoms with Crippen LogP contribution in [0.2, 0.25) is 0 Å². The highest BCUT2D eigenvalue weighted by Crippen LogP contribution is 2.44. The molecule has 1 amide bonds. The van der Waals surface area contributed by atoms with Gasteiger partial charge in [-0.25, -0.2) is 4.98 Å². The van der Waals surface area contributed by atoms with Crippen molar-refractivity contribution in [2.24, 2.45) is 0 Å². The summed E-state index contributed by atoms with van der Waals surface area (Å²) in [5.74, 6) is -1.48. The van der Waals surface area contributed by atoms with Gasteiger partial charge in [0.05, 0.1) is 28.8 Å². The number of thiazole rings is 1. The van der Waals surface area contributed by atoms with Gasteiger partial charge in [0.1, 0.15) is 5.01 Å². The predicted octanol–water partition coefficient (Wildman–Crippen LogP) is 5.13. The minimum Gasteiger partial charge on any atom is -0.503 e. The molecule has 2 N–H and O–H groups in total. The van der Waals surface area contributed by atoms with E-state index in [1.807, 2.05) is 61.5 Å². The lowest BCUT2D eigenvalue weighted by Crippen LogP contribution is -2.34. The summed E-state index contributed by atoms with van der Waals surface area (Å²) < 4.78 is 5.23. The van der Waals surface area contributed by atoms with Crippen LogP contribution in [0, 0.1) is 13.8 Å². The number of aromatic amines is 1. The van der Waals surface area contributed by atoms with Gasteiger partial charge in [-0.1, -0.05) is 48.5 Å². The number of aliphatic hydroxyl groups excluding tert-OH is 1. The van der Waals surface area contributed by atoms with Gasteiger partial charge in [-0.2, -0.15) is 0 Å². The third-order valence-corrected chi connectivity index (χ3v) is 7.53. The van der Waals surface area contributed by atoms with Crippen LogP contribution in [0.5, 0.6) is 0 Å². The number of H-pyrrole nitrogens is 1. The molecular formula is C27H25N3O4S. The van der Waals surface area contributed by atoms with Crippen LogP contribution >= 0.6 is 11.3 Å². The first-order valence-electron chi connectivity index (χ1n) is 11.3. The number of Topliss-reactive ketones (excluding diaryl/α,β-unsaturated/α-hetero) is 1. The van der Waals surface area contributed by atoms with Crippen molar-refractivity contribution in [3.8, 4) is 10.6 Å². The zero-order chi connectivity index (χ0) is 24.7. The number of amides is 1. The number of hydrogen-bond donors (Lipinski definition) is 2. The molecule has 1 unspecified atom stereocenters. The largest absolute Gasteiger partial charge is 0.503 e. The number of rotatable bonds is 7. The number of methoxy groups -OCH3 is 1. The van der Waals surface area contributed by atoms with Crippen LogP contribution in [0.1, 0.15) is 32.7 Å². The third-order valence-electron chi connectivity index (χ3n) is 6.33. The van der Waals surface area contributed by atoms with E-state index < -0.39 is 17.7 Å². The molecule has 35 heavy (non-hydrogen) atoms. The molecule has 0 radical (unpaired) electrons. The predicted molar refractivity (Wildman–Crippen MR) is 136 cm³/mol. The van der Waals surface area contributed by atoms with Crippen molar-refractivity contribution in [1.29, 1.82) is 0 Å². The Kier molecular flexibility index (Phi) is 6.00. The number of carbonyl (C=O) groups excluding carboxylic acids is 2. The van der Waals surface area contributed by atoms with Crippen LogP contribution in [0.3, 0.4) is 0 Å². The van der Waals surface area contributed by atoms with Gasteiger partial charge in [-0.05, 0) is 19.9 Å². The van der Waals surface area contributed by atoms with Gasteiger partial charge >= 0.3 is 0 Å². The zero-order valence-corrected chi connectivity index (χ0v) is 20.5. The molecule has 8 heteroatoms. The van der Waals surface area contributed by atoms with Crippen LogP contribution in [-0.4, -0.2) is 51.9 Å². The van der Waals surface area contributed by atoms with Gasteiger partial charge in [0.2, 0.25) is 5.78 Å². The number of ether oxygens (including phenoxy) is 1. The maximum absolute atomic E-state index is 14.0. The molecule has 5 rings (SSSR count). The number of para-hydroxylation sites is 1. The van der Waals surface area contributed by atoms with E-state index in [1.54, 1.807) is 14.0 Å². The van der Waals surface area contributed by atoms with Crippen LogP contribution in [0.4, 0.5) is 0 Å². The Morgan fingerprint density at radius 2 is 1.86 bits per heavy atom. The number of aryl methyl sites for hydroxylation is 2. The van der Waals surface area contributed by atoms with Crippen LogP contribution in [0.15, 0.2) is 65.9 Å². The lowest BCUT2D eigenvalue weighted by molar-refractivity contribution is -0.130. The van der Waals surface area contributed by atoms with Crippen LogP contribution < -0.4 is 0 Å². The van der Waals surface area contributed by atoms with Crippen molar-refractivity contribution in [2.45, 2.75) is 19.9 Å². The summed E-state index contributed by atoms with van der Waals surface area (Å²) in [7, 11) is 1.55. The maximum Gasteiger partial charge on any atom is 0.290 e. The van der Waals surface area contributed by atoms with Gasteiger partial charge in [0.15, 0.2) is 5.76 Å². The number of nitrogens with zero attached hydrogens (tertiary/aromatic N) is 2. The first-order valence-corrected chi connectivity index (χ1v) is 12.1. The molecule has 2 aromatic carbocycles. The molecular weight excluding hydrogens is 462 g/mol. The molecule has 0 saturated carbocycles. The fourth-order valence-corrected chi connectivity index (χ4v) is 5.72. The molecule has 1 aliphatic rings. The molecule has 3 heterocycles. The number of fused-ring (bicyclic) bond motifs is 1. The van der Waals surface area contributed by atoms with Crippen molar-refractivity contribution in [3.05, 3.63) is 87.8 Å². The summed E-state index contributed by atoms with van der Waals surface area (Å²) in [5, 5.41) is 12.6. The van der Waals surface area contributed by atoms with Gasteiger partial charge in [0.25, 0.3) is 5.91 Å². The molecule has 7 nitrogen and oxygen atoms in total. The second-order valence-electron chi connectivity index (χ2n) is 8.49. The number of aliphatic hydroxyl groups is 1. The van der Waals surface area contributed by atoms with Crippen LogP contribution in [0.25, 0.3) is 21.5 Å². The standard InChI is InChI=1S/C27H25N3O4S/c1-15-20(18-11-7-8-12-19(18)28-15)22-21(24(32)27(33)30(22)13-14-34-3)23(31)25-16(2)29-26(35-25)17-9-5-4-6-10-17/h4-12,22,28,32H,13-14H2,1-3H3. The quantitative estimate of drug-likeness (QED) is 0.352. The average Bonchev–Trinajstić information content (AvgIpc) is 3.49. The Hall–Kier alpha value is -3.75. The molecule has 2 aromatic heterocycles. The van der Waals surface area contributed by atoms with E-state index in [9.17, 15) is 14.7 Å². The summed E-state index contributed by atoms with van der Waals surface area (Å²) in [6.07, 6.45) is 0. The van der Waals surface area contributed by atoms with E-state index in [1.165, 1.54) is 16.2 Å². The van der Waals surface area contributed by atoms with Crippen molar-refractivity contribution < 1.29 is 19.4 Å². The normalized spacial score (nSPS) is 16.0. The number of benzene rings is 2. The van der Waals surface area contributed by atoms with Crippen molar-refractivity contribution in [2.75, 3.05) is 20.3 Å². The zero-order valence-electron chi connectivity index (χ0n) is 19.7. The molecule has 0 bridgehead atoms. The highest BCUT2D eigenvalue weighted by molar-refractivity contribution is 7.17. The van der Waals surface area contributed by atoms with E-state index in [-0.39, 0.29) is 24.5 Å². The Labute approximate surface area is 206 Å². The van der Waals surface area contributed by atoms with E-state index in [2.05, 4.69) is 9.97 Å². The first-order chi connectivity index (χ1) is 16.9. The Bertz CT molecular complexity index is 1470. The minimum absolute atomic E-state index is 0.0744. The Morgan fingerprint density at radius 3 is 2.60 bits per heavy atom. The molecule has 0 saturated heterocycles. The SMILES string of the molecule is COCCN1C(=O)C(O)=C(C(=O)c2sc(-c3ccccc3)nc2C)C1c1c(C)[nH]c2ccccc12. The fourth-order valence-electron chi connectivity index (χ4n) is 4.69. The lowest BCUT2D eigenvalue weighted by atomic mass is 9.93. The van der Waals surface area contributed by atoms with Crippen LogP contribution in [-0.2, 0) is 9.53 Å². The first kappa shape index (κ1) is 23.0. The summed E-state index contributed by atoms with van der Waals surface area (Å²) in [5.41, 5.74) is 4.07. The number of hydrogen-bond acceptors (Lipinski definition) is 6. The smallest absolute Gasteiger partial charge is 0.290 e. The molecule has 4 aromatic rings. The van der Waals surface area contributed by atoms with Gasteiger partial charge in [0, 0.05) is 41.4 Å². The average molecular weight is 488 g/mol. The number of nitrogens with one attached hydrogen (secondary N) is 1. The summed E-state index contributed by atoms with van der Waals surface area (Å²) >= 11 is 1.27. The highest BCUT2D eigenvalue weighted by Gasteiger charge is 2.45. The molecule has 1 atom stereocenters. The second kappa shape index (κ2) is 9.13. The van der Waals surface area contributed by atoms with Gasteiger partial charge in [-0.15, -0.1) is 11.3 Å². The maximum atomic E-state index is 14.0. The molecule has 0 fully saturated rings. The van der Waals surface area contributed by atoms with E-state index >= 15 is 0 Å². The topological polar surface area (TPSA) is 95.5 Å². The molecule has 0 aliphatic carbocycles. The number of aromatic nitrogens is 2. The highest BCUT2D eigenvalue weighted by atomic mass is 32.1. The van der Waals surface area contributed by atoms with Gasteiger partial charge < -0.3 is 19.7 Å². The summed E-state index contributed by atoms with van der Waals surface area (Å²) in [6.45, 7) is 4.20. The van der Waals surface area contributed by atoms with Crippen molar-refractivity contribution in [1.82, 2.24) is 14.9 Å². The van der Waals surface area contributed by atoms with Gasteiger partial charge in [-0.3, -0.25) is 9.59 Å². The molecule has 1 aliphatic heterocycles. The summed E-state index contributed by atoms with van der Waals surface area (Å²) in [6, 6.07) is 16.6. The van der Waals surface area contributed by atoms with E-state index in [0.717, 1.165) is 27.7 Å². The third kappa shape index (κ3) is 3.84. The lowest BCUT2D eigenvalue weighted by Gasteiger charge is -2.26. The Balaban J connectivity index is 1.65. The van der Waals surface area contributed by atoms with E-state index in [0.29, 0.717) is 15.6 Å². The Morgan fingerprint density at radius 1 is 1.14 bits per heavy atom. The number of carbonyl (C=O) groups is 2. The van der Waals surface area contributed by atoms with Crippen molar-refractivity contribution in [3.63, 3.8) is 0 Å². The fraction of sp³-hybridized carbons (Fsp3) is 0.222. The molecule has 0 spiro atoms. The molecule has 178 valence electrons.